The van der Waals surface area contributed by atoms with Gasteiger partial charge >= 0.3 is 11.8 Å². The number of nitrogens with one attached hydrogen (secondary N) is 2. The van der Waals surface area contributed by atoms with Crippen LogP contribution in [0.5, 0.6) is 17.2 Å². The maximum atomic E-state index is 12.1. The SMILES string of the molecule is COc1cc(NC(=O)C(=O)Nc2cccc(C)c2)cc(OC)c1OC. The smallest absolute Gasteiger partial charge is 0.314 e. The number of hydrogen-bond acceptors (Lipinski definition) is 5. The molecule has 0 saturated heterocycles. The van der Waals surface area contributed by atoms with Crippen LogP contribution in [0.3, 0.4) is 0 Å². The summed E-state index contributed by atoms with van der Waals surface area (Å²) in [6.45, 7) is 1.89. The minimum Gasteiger partial charge on any atom is -0.493 e. The van der Waals surface area contributed by atoms with E-state index in [-0.39, 0.29) is 0 Å². The van der Waals surface area contributed by atoms with Crippen molar-refractivity contribution in [3.8, 4) is 17.2 Å². The number of ether oxygens (including phenoxy) is 3. The summed E-state index contributed by atoms with van der Waals surface area (Å²) in [5.41, 5.74) is 1.87. The van der Waals surface area contributed by atoms with E-state index in [1.165, 1.54) is 21.3 Å². The molecule has 0 aliphatic rings. The maximum absolute atomic E-state index is 12.1. The summed E-state index contributed by atoms with van der Waals surface area (Å²) in [5.74, 6) is -0.449. The van der Waals surface area contributed by atoms with Gasteiger partial charge in [0.15, 0.2) is 11.5 Å². The van der Waals surface area contributed by atoms with Gasteiger partial charge in [-0.1, -0.05) is 12.1 Å². The Morgan fingerprint density at radius 1 is 0.800 bits per heavy atom. The van der Waals surface area contributed by atoms with Gasteiger partial charge in [-0.05, 0) is 24.6 Å². The van der Waals surface area contributed by atoms with Crippen molar-refractivity contribution in [2.24, 2.45) is 0 Å². The van der Waals surface area contributed by atoms with E-state index in [4.69, 9.17) is 14.2 Å². The van der Waals surface area contributed by atoms with Gasteiger partial charge < -0.3 is 24.8 Å². The monoisotopic (exact) mass is 344 g/mol. The summed E-state index contributed by atoms with van der Waals surface area (Å²) >= 11 is 0. The first kappa shape index (κ1) is 18.1. The number of carbonyl (C=O) groups excluding carboxylic acids is 2. The van der Waals surface area contributed by atoms with Crippen LogP contribution in [0, 0.1) is 6.92 Å². The summed E-state index contributed by atoms with van der Waals surface area (Å²) in [5, 5.41) is 5.06. The second-order valence-electron chi connectivity index (χ2n) is 5.19. The van der Waals surface area contributed by atoms with E-state index >= 15 is 0 Å². The third kappa shape index (κ3) is 4.41. The summed E-state index contributed by atoms with van der Waals surface area (Å²) < 4.78 is 15.6. The standard InChI is InChI=1S/C18H20N2O5/c1-11-6-5-7-12(8-11)19-17(21)18(22)20-13-9-14(23-2)16(25-4)15(10-13)24-3/h5-10H,1-4H3,(H,19,21)(H,20,22). The molecule has 2 aromatic rings. The molecule has 2 aromatic carbocycles. The van der Waals surface area contributed by atoms with Crippen molar-refractivity contribution in [1.82, 2.24) is 0 Å². The lowest BCUT2D eigenvalue weighted by Crippen LogP contribution is -2.29. The lowest BCUT2D eigenvalue weighted by molar-refractivity contribution is -0.133. The number of carbonyl (C=O) groups is 2. The highest BCUT2D eigenvalue weighted by Crippen LogP contribution is 2.39. The summed E-state index contributed by atoms with van der Waals surface area (Å²) in [4.78, 5) is 24.2. The Balaban J connectivity index is 2.15. The van der Waals surface area contributed by atoms with Gasteiger partial charge in [0.25, 0.3) is 0 Å². The van der Waals surface area contributed by atoms with Gasteiger partial charge in [0.1, 0.15) is 0 Å². The molecule has 0 aliphatic carbocycles. The molecule has 0 spiro atoms. The van der Waals surface area contributed by atoms with Crippen LogP contribution in [0.2, 0.25) is 0 Å². The molecule has 7 nitrogen and oxygen atoms in total. The highest BCUT2D eigenvalue weighted by atomic mass is 16.5. The van der Waals surface area contributed by atoms with Gasteiger partial charge in [0.2, 0.25) is 5.75 Å². The van der Waals surface area contributed by atoms with Crippen LogP contribution in [0.25, 0.3) is 0 Å². The molecule has 0 atom stereocenters. The Labute approximate surface area is 145 Å². The zero-order valence-corrected chi connectivity index (χ0v) is 14.5. The van der Waals surface area contributed by atoms with E-state index < -0.39 is 11.8 Å². The van der Waals surface area contributed by atoms with Gasteiger partial charge in [-0.25, -0.2) is 0 Å². The van der Waals surface area contributed by atoms with Crippen molar-refractivity contribution in [2.75, 3.05) is 32.0 Å². The van der Waals surface area contributed by atoms with Crippen molar-refractivity contribution in [1.29, 1.82) is 0 Å². The average molecular weight is 344 g/mol. The highest BCUT2D eigenvalue weighted by molar-refractivity contribution is 6.43. The Hall–Kier alpha value is -3.22. The van der Waals surface area contributed by atoms with Crippen LogP contribution in [-0.2, 0) is 9.59 Å². The van der Waals surface area contributed by atoms with Crippen molar-refractivity contribution in [3.05, 3.63) is 42.0 Å². The number of hydrogen-bond donors (Lipinski definition) is 2. The van der Waals surface area contributed by atoms with Gasteiger partial charge in [-0.3, -0.25) is 9.59 Å². The minimum atomic E-state index is -0.809. The molecule has 25 heavy (non-hydrogen) atoms. The molecule has 0 unspecified atom stereocenters. The van der Waals surface area contributed by atoms with Gasteiger partial charge in [0.05, 0.1) is 21.3 Å². The fraction of sp³-hybridized carbons (Fsp3) is 0.222. The molecule has 132 valence electrons. The number of amides is 2. The molecule has 0 fully saturated rings. The normalized spacial score (nSPS) is 9.92. The molecule has 7 heteroatoms. The zero-order valence-electron chi connectivity index (χ0n) is 14.5. The first-order chi connectivity index (χ1) is 12.0. The third-order valence-corrected chi connectivity index (χ3v) is 3.40. The van der Waals surface area contributed by atoms with Crippen molar-refractivity contribution < 1.29 is 23.8 Å². The van der Waals surface area contributed by atoms with E-state index in [0.29, 0.717) is 28.6 Å². The van der Waals surface area contributed by atoms with E-state index in [0.717, 1.165) is 5.56 Å². The third-order valence-electron chi connectivity index (χ3n) is 3.40. The van der Waals surface area contributed by atoms with Crippen LogP contribution < -0.4 is 24.8 Å². The van der Waals surface area contributed by atoms with Crippen molar-refractivity contribution in [3.63, 3.8) is 0 Å². The molecular weight excluding hydrogens is 324 g/mol. The first-order valence-corrected chi connectivity index (χ1v) is 7.47. The van der Waals surface area contributed by atoms with Crippen LogP contribution in [-0.4, -0.2) is 33.1 Å². The molecule has 2 amide bonds. The second-order valence-corrected chi connectivity index (χ2v) is 5.19. The first-order valence-electron chi connectivity index (χ1n) is 7.47. The Morgan fingerprint density at radius 3 is 1.84 bits per heavy atom. The highest BCUT2D eigenvalue weighted by Gasteiger charge is 2.18. The number of aryl methyl sites for hydroxylation is 1. The van der Waals surface area contributed by atoms with Gasteiger partial charge in [0, 0.05) is 23.5 Å². The molecule has 0 aromatic heterocycles. The van der Waals surface area contributed by atoms with Crippen molar-refractivity contribution >= 4 is 23.2 Å². The van der Waals surface area contributed by atoms with Gasteiger partial charge in [-0.2, -0.15) is 0 Å². The van der Waals surface area contributed by atoms with Crippen LogP contribution >= 0.6 is 0 Å². The fourth-order valence-corrected chi connectivity index (χ4v) is 2.25. The van der Waals surface area contributed by atoms with E-state index in [2.05, 4.69) is 10.6 Å². The largest absolute Gasteiger partial charge is 0.493 e. The lowest BCUT2D eigenvalue weighted by atomic mass is 10.2. The molecule has 0 aliphatic heterocycles. The van der Waals surface area contributed by atoms with E-state index in [1.54, 1.807) is 30.3 Å². The maximum Gasteiger partial charge on any atom is 0.314 e. The van der Waals surface area contributed by atoms with E-state index in [9.17, 15) is 9.59 Å². The lowest BCUT2D eigenvalue weighted by Gasteiger charge is -2.14. The van der Waals surface area contributed by atoms with Crippen LogP contribution in [0.1, 0.15) is 5.56 Å². The average Bonchev–Trinajstić information content (AvgIpc) is 2.60. The summed E-state index contributed by atoms with van der Waals surface area (Å²) in [6, 6.07) is 10.2. The fourth-order valence-electron chi connectivity index (χ4n) is 2.25. The Bertz CT molecular complexity index is 764. The molecule has 0 radical (unpaired) electrons. The molecule has 0 saturated carbocycles. The minimum absolute atomic E-state index is 0.346. The molecule has 2 rings (SSSR count). The predicted molar refractivity (Wildman–Crippen MR) is 94.5 cm³/mol. The Morgan fingerprint density at radius 2 is 1.36 bits per heavy atom. The summed E-state index contributed by atoms with van der Waals surface area (Å²) in [7, 11) is 4.41. The van der Waals surface area contributed by atoms with Crippen LogP contribution in [0.15, 0.2) is 36.4 Å². The Kier molecular flexibility index (Phi) is 5.84. The number of methoxy groups -OCH3 is 3. The molecule has 2 N–H and O–H groups in total. The second kappa shape index (κ2) is 8.05. The van der Waals surface area contributed by atoms with Crippen LogP contribution in [0.4, 0.5) is 11.4 Å². The number of anilines is 2. The molecule has 0 heterocycles. The number of benzene rings is 2. The van der Waals surface area contributed by atoms with Gasteiger partial charge in [-0.15, -0.1) is 0 Å². The van der Waals surface area contributed by atoms with Crippen molar-refractivity contribution in [2.45, 2.75) is 6.92 Å². The summed E-state index contributed by atoms with van der Waals surface area (Å²) in [6.07, 6.45) is 0. The molecule has 0 bridgehead atoms. The zero-order chi connectivity index (χ0) is 18.4. The quantitative estimate of drug-likeness (QED) is 0.814. The predicted octanol–water partition coefficient (Wildman–Crippen LogP) is 2.60. The topological polar surface area (TPSA) is 85.9 Å². The number of rotatable bonds is 5. The van der Waals surface area contributed by atoms with E-state index in [1.807, 2.05) is 13.0 Å². The molecular formula is C18H20N2O5.